The van der Waals surface area contributed by atoms with Gasteiger partial charge in [-0.1, -0.05) is 19.9 Å². The van der Waals surface area contributed by atoms with Gasteiger partial charge in [0.1, 0.15) is 0 Å². The molecular weight excluding hydrogens is 112 g/mol. The van der Waals surface area contributed by atoms with Crippen LogP contribution in [0.1, 0.15) is 26.7 Å². The van der Waals surface area contributed by atoms with E-state index in [0.29, 0.717) is 0 Å². The maximum absolute atomic E-state index is 11.0. The zero-order chi connectivity index (χ0) is 6.91. The van der Waals surface area contributed by atoms with Crippen molar-refractivity contribution in [1.29, 1.82) is 0 Å². The van der Waals surface area contributed by atoms with Crippen LogP contribution in [0.25, 0.3) is 0 Å². The number of ketones is 1. The van der Waals surface area contributed by atoms with Crippen LogP contribution in [0, 0.1) is 5.41 Å². The van der Waals surface area contributed by atoms with Gasteiger partial charge >= 0.3 is 0 Å². The second-order valence-electron chi connectivity index (χ2n) is 3.19. The van der Waals surface area contributed by atoms with Gasteiger partial charge in [-0.25, -0.2) is 0 Å². The van der Waals surface area contributed by atoms with Crippen LogP contribution in [0.2, 0.25) is 0 Å². The number of hydrogen-bond acceptors (Lipinski definition) is 1. The highest BCUT2D eigenvalue weighted by molar-refractivity contribution is 5.94. The Hall–Kier alpha value is -0.590. The molecule has 0 atom stereocenters. The summed E-state index contributed by atoms with van der Waals surface area (Å²) in [4.78, 5) is 11.0. The molecule has 0 N–H and O–H groups in total. The van der Waals surface area contributed by atoms with Crippen molar-refractivity contribution in [3.8, 4) is 0 Å². The van der Waals surface area contributed by atoms with Gasteiger partial charge in [0.2, 0.25) is 0 Å². The van der Waals surface area contributed by atoms with Gasteiger partial charge in [-0.2, -0.15) is 0 Å². The molecule has 1 aliphatic rings. The second-order valence-corrected chi connectivity index (χ2v) is 3.19. The quantitative estimate of drug-likeness (QED) is 0.482. The van der Waals surface area contributed by atoms with Gasteiger partial charge in [0.25, 0.3) is 0 Å². The number of allylic oxidation sites excluding steroid dienone is 2. The van der Waals surface area contributed by atoms with Gasteiger partial charge < -0.3 is 0 Å². The van der Waals surface area contributed by atoms with Gasteiger partial charge in [0.05, 0.1) is 0 Å². The van der Waals surface area contributed by atoms with Crippen molar-refractivity contribution < 1.29 is 4.79 Å². The topological polar surface area (TPSA) is 17.1 Å². The molecule has 1 rings (SSSR count). The van der Waals surface area contributed by atoms with Gasteiger partial charge in [0.15, 0.2) is 5.78 Å². The van der Waals surface area contributed by atoms with Crippen LogP contribution >= 0.6 is 0 Å². The first-order chi connectivity index (χ1) is 4.13. The third kappa shape index (κ3) is 1.21. The third-order valence-electron chi connectivity index (χ3n) is 1.87. The van der Waals surface area contributed by atoms with E-state index in [2.05, 4.69) is 0 Å². The Balaban J connectivity index is 2.78. The fraction of sp³-hybridized carbons (Fsp3) is 0.625. The zero-order valence-electron chi connectivity index (χ0n) is 5.98. The molecule has 1 heteroatoms. The first-order valence-corrected chi connectivity index (χ1v) is 3.34. The van der Waals surface area contributed by atoms with Crippen LogP contribution in [-0.2, 0) is 4.79 Å². The molecular formula is C8H12O. The van der Waals surface area contributed by atoms with Crippen LogP contribution in [0.5, 0.6) is 0 Å². The van der Waals surface area contributed by atoms with Crippen LogP contribution in [0.15, 0.2) is 12.2 Å². The monoisotopic (exact) mass is 124 g/mol. The van der Waals surface area contributed by atoms with Crippen molar-refractivity contribution in [3.05, 3.63) is 12.2 Å². The molecule has 0 saturated carbocycles. The van der Waals surface area contributed by atoms with Crippen LogP contribution in [-0.4, -0.2) is 5.78 Å². The Morgan fingerprint density at radius 2 is 2.22 bits per heavy atom. The lowest BCUT2D eigenvalue weighted by Gasteiger charge is -2.23. The molecule has 50 valence electrons. The van der Waals surface area contributed by atoms with Crippen molar-refractivity contribution in [2.24, 2.45) is 5.41 Å². The molecule has 1 nitrogen and oxygen atoms in total. The minimum atomic E-state index is -0.0885. The molecule has 0 aromatic carbocycles. The molecule has 0 aromatic rings. The minimum Gasteiger partial charge on any atom is -0.294 e. The fourth-order valence-electron chi connectivity index (χ4n) is 0.983. The van der Waals surface area contributed by atoms with E-state index in [-0.39, 0.29) is 11.2 Å². The molecule has 0 unspecified atom stereocenters. The summed E-state index contributed by atoms with van der Waals surface area (Å²) in [7, 11) is 0. The number of carbonyl (C=O) groups is 1. The Morgan fingerprint density at radius 1 is 1.56 bits per heavy atom. The van der Waals surface area contributed by atoms with Gasteiger partial charge in [-0.15, -0.1) is 0 Å². The van der Waals surface area contributed by atoms with E-state index in [0.717, 1.165) is 12.8 Å². The average Bonchev–Trinajstić information content (AvgIpc) is 1.77. The lowest BCUT2D eigenvalue weighted by atomic mass is 9.80. The van der Waals surface area contributed by atoms with Gasteiger partial charge in [0, 0.05) is 5.41 Å². The summed E-state index contributed by atoms with van der Waals surface area (Å²) < 4.78 is 0. The Kier molecular flexibility index (Phi) is 1.43. The largest absolute Gasteiger partial charge is 0.294 e. The number of hydrogen-bond donors (Lipinski definition) is 0. The van der Waals surface area contributed by atoms with Gasteiger partial charge in [-0.05, 0) is 18.9 Å². The van der Waals surface area contributed by atoms with Crippen LogP contribution in [0.3, 0.4) is 0 Å². The lowest BCUT2D eigenvalue weighted by Crippen LogP contribution is -2.24. The van der Waals surface area contributed by atoms with Gasteiger partial charge in [-0.3, -0.25) is 4.79 Å². The number of rotatable bonds is 0. The van der Waals surface area contributed by atoms with E-state index in [1.54, 1.807) is 6.08 Å². The second kappa shape index (κ2) is 1.98. The predicted molar refractivity (Wildman–Crippen MR) is 37.2 cm³/mol. The van der Waals surface area contributed by atoms with Crippen molar-refractivity contribution in [2.45, 2.75) is 26.7 Å². The zero-order valence-corrected chi connectivity index (χ0v) is 5.98. The minimum absolute atomic E-state index is 0.0885. The van der Waals surface area contributed by atoms with Crippen molar-refractivity contribution in [1.82, 2.24) is 0 Å². The van der Waals surface area contributed by atoms with Crippen molar-refractivity contribution in [2.75, 3.05) is 0 Å². The summed E-state index contributed by atoms with van der Waals surface area (Å²) in [6.45, 7) is 4.00. The summed E-state index contributed by atoms with van der Waals surface area (Å²) in [6.07, 6.45) is 5.71. The van der Waals surface area contributed by atoms with Crippen LogP contribution < -0.4 is 0 Å². The summed E-state index contributed by atoms with van der Waals surface area (Å²) in [5.74, 6) is 0.272. The van der Waals surface area contributed by atoms with Crippen molar-refractivity contribution in [3.63, 3.8) is 0 Å². The molecule has 9 heavy (non-hydrogen) atoms. The fourth-order valence-corrected chi connectivity index (χ4v) is 0.983. The first kappa shape index (κ1) is 6.53. The molecule has 1 aliphatic carbocycles. The summed E-state index contributed by atoms with van der Waals surface area (Å²) >= 11 is 0. The summed E-state index contributed by atoms with van der Waals surface area (Å²) in [5, 5.41) is 0. The number of carbonyl (C=O) groups excluding carboxylic acids is 1. The molecule has 0 heterocycles. The molecule has 0 fully saturated rings. The molecule has 0 spiro atoms. The molecule has 0 aliphatic heterocycles. The highest BCUT2D eigenvalue weighted by Gasteiger charge is 2.26. The lowest BCUT2D eigenvalue weighted by molar-refractivity contribution is -0.122. The Morgan fingerprint density at radius 3 is 2.56 bits per heavy atom. The van der Waals surface area contributed by atoms with Crippen molar-refractivity contribution >= 4 is 5.78 Å². The first-order valence-electron chi connectivity index (χ1n) is 3.34. The normalized spacial score (nSPS) is 24.4. The van der Waals surface area contributed by atoms with E-state index in [1.807, 2.05) is 19.9 Å². The average molecular weight is 124 g/mol. The summed E-state index contributed by atoms with van der Waals surface area (Å²) in [5.41, 5.74) is -0.0885. The molecule has 0 amide bonds. The van der Waals surface area contributed by atoms with Crippen LogP contribution in [0.4, 0.5) is 0 Å². The van der Waals surface area contributed by atoms with E-state index >= 15 is 0 Å². The Labute approximate surface area is 55.8 Å². The summed E-state index contributed by atoms with van der Waals surface area (Å²) in [6, 6.07) is 0. The molecule has 0 saturated heterocycles. The highest BCUT2D eigenvalue weighted by atomic mass is 16.1. The smallest absolute Gasteiger partial charge is 0.160 e. The van der Waals surface area contributed by atoms with E-state index in [1.165, 1.54) is 0 Å². The predicted octanol–water partition coefficient (Wildman–Crippen LogP) is 1.93. The Bertz CT molecular complexity index is 154. The highest BCUT2D eigenvalue weighted by Crippen LogP contribution is 2.27. The maximum atomic E-state index is 11.0. The standard InChI is InChI=1S/C8H12O/c1-8(2)6-4-3-5-7(8)9/h3,5H,4,6H2,1-2H3. The van der Waals surface area contributed by atoms with E-state index in [9.17, 15) is 4.79 Å². The molecule has 0 aromatic heterocycles. The maximum Gasteiger partial charge on any atom is 0.160 e. The van der Waals surface area contributed by atoms with E-state index < -0.39 is 0 Å². The molecule has 0 bridgehead atoms. The third-order valence-corrected chi connectivity index (χ3v) is 1.87. The SMILES string of the molecule is CC1(C)CCC=CC1=O. The van der Waals surface area contributed by atoms with E-state index in [4.69, 9.17) is 0 Å². The molecule has 0 radical (unpaired) electrons.